The second-order valence-electron chi connectivity index (χ2n) is 1.49. The minimum Gasteiger partial charge on any atom is -0.255 e. The maximum absolute atomic E-state index is 5.36. The third-order valence-electron chi connectivity index (χ3n) is 0.523. The van der Waals surface area contributed by atoms with E-state index in [0.29, 0.717) is 5.88 Å². The van der Waals surface area contributed by atoms with Gasteiger partial charge in [-0.15, -0.1) is 11.6 Å². The predicted octanol–water partition coefficient (Wildman–Crippen LogP) is 0.291. The minimum atomic E-state index is 0.665. The van der Waals surface area contributed by atoms with E-state index in [1.165, 1.54) is 0 Å². The monoisotopic (exact) mass is 122 g/mol. The molecule has 0 aromatic carbocycles. The average Bonchev–Trinajstić information content (AvgIpc) is 1.61. The summed E-state index contributed by atoms with van der Waals surface area (Å²) in [6.07, 6.45) is 0. The van der Waals surface area contributed by atoms with Crippen molar-refractivity contribution in [3.63, 3.8) is 0 Å². The molecule has 0 aliphatic carbocycles. The highest BCUT2D eigenvalue weighted by Gasteiger charge is 1.81. The normalized spacial score (nSPS) is 10.3. The van der Waals surface area contributed by atoms with Crippen LogP contribution < -0.4 is 5.43 Å². The zero-order valence-electron chi connectivity index (χ0n) is 4.74. The standard InChI is InChI=1S/C4H11ClN2/c1-7(2)6-4-3-5/h6H,3-4H2,1-2H3. The smallest absolute Gasteiger partial charge is 0.0362 e. The summed E-state index contributed by atoms with van der Waals surface area (Å²) in [7, 11) is 3.87. The molecular formula is C4H11ClN2. The van der Waals surface area contributed by atoms with Crippen LogP contribution in [0.5, 0.6) is 0 Å². The lowest BCUT2D eigenvalue weighted by Gasteiger charge is -2.08. The summed E-state index contributed by atoms with van der Waals surface area (Å²) in [5, 5.41) is 1.88. The second kappa shape index (κ2) is 4.37. The maximum atomic E-state index is 5.36. The number of hydrazine groups is 1. The Morgan fingerprint density at radius 1 is 1.57 bits per heavy atom. The van der Waals surface area contributed by atoms with E-state index >= 15 is 0 Å². The molecule has 2 nitrogen and oxygen atoms in total. The summed E-state index contributed by atoms with van der Waals surface area (Å²) in [6.45, 7) is 0.842. The van der Waals surface area contributed by atoms with Crippen LogP contribution in [-0.4, -0.2) is 31.5 Å². The molecule has 0 saturated heterocycles. The predicted molar refractivity (Wildman–Crippen MR) is 32.4 cm³/mol. The topological polar surface area (TPSA) is 15.3 Å². The highest BCUT2D eigenvalue weighted by molar-refractivity contribution is 6.18. The van der Waals surface area contributed by atoms with Crippen molar-refractivity contribution in [2.75, 3.05) is 26.5 Å². The van der Waals surface area contributed by atoms with Gasteiger partial charge in [0.2, 0.25) is 0 Å². The third kappa shape index (κ3) is 6.21. The van der Waals surface area contributed by atoms with Crippen LogP contribution in [0.15, 0.2) is 0 Å². The van der Waals surface area contributed by atoms with Crippen LogP contribution in [0.4, 0.5) is 0 Å². The van der Waals surface area contributed by atoms with Gasteiger partial charge in [-0.05, 0) is 0 Å². The molecule has 0 aromatic rings. The first-order valence-electron chi connectivity index (χ1n) is 2.24. The molecular weight excluding hydrogens is 112 g/mol. The van der Waals surface area contributed by atoms with Crippen LogP contribution in [0.2, 0.25) is 0 Å². The second-order valence-corrected chi connectivity index (χ2v) is 1.87. The molecule has 0 unspecified atom stereocenters. The van der Waals surface area contributed by atoms with Gasteiger partial charge in [-0.25, -0.2) is 0 Å². The SMILES string of the molecule is CN(C)NCCCl. The Labute approximate surface area is 49.4 Å². The van der Waals surface area contributed by atoms with Crippen LogP contribution in [0, 0.1) is 0 Å². The van der Waals surface area contributed by atoms with Gasteiger partial charge in [0.15, 0.2) is 0 Å². The van der Waals surface area contributed by atoms with Crippen LogP contribution in [-0.2, 0) is 0 Å². The van der Waals surface area contributed by atoms with E-state index in [1.807, 2.05) is 19.1 Å². The van der Waals surface area contributed by atoms with E-state index in [4.69, 9.17) is 11.6 Å². The van der Waals surface area contributed by atoms with E-state index < -0.39 is 0 Å². The van der Waals surface area contributed by atoms with Crippen molar-refractivity contribution in [1.29, 1.82) is 0 Å². The highest BCUT2D eigenvalue weighted by Crippen LogP contribution is 1.69. The summed E-state index contributed by atoms with van der Waals surface area (Å²) in [5.74, 6) is 0.665. The summed E-state index contributed by atoms with van der Waals surface area (Å²) in [4.78, 5) is 0. The molecule has 0 fully saturated rings. The maximum Gasteiger partial charge on any atom is 0.0362 e. The first-order chi connectivity index (χ1) is 3.27. The van der Waals surface area contributed by atoms with Gasteiger partial charge >= 0.3 is 0 Å². The van der Waals surface area contributed by atoms with Crippen molar-refractivity contribution in [1.82, 2.24) is 10.4 Å². The summed E-state index contributed by atoms with van der Waals surface area (Å²) in [6, 6.07) is 0. The Bertz CT molecular complexity index is 38.7. The van der Waals surface area contributed by atoms with Crippen LogP contribution >= 0.6 is 11.6 Å². The molecule has 0 aliphatic heterocycles. The van der Waals surface area contributed by atoms with Crippen molar-refractivity contribution in [3.05, 3.63) is 0 Å². The first kappa shape index (κ1) is 7.21. The molecule has 0 spiro atoms. The molecule has 44 valence electrons. The molecule has 7 heavy (non-hydrogen) atoms. The number of nitrogens with zero attached hydrogens (tertiary/aromatic N) is 1. The van der Waals surface area contributed by atoms with E-state index in [2.05, 4.69) is 5.43 Å². The largest absolute Gasteiger partial charge is 0.255 e. The number of alkyl halides is 1. The number of hydrogen-bond acceptors (Lipinski definition) is 2. The molecule has 0 saturated carbocycles. The fraction of sp³-hybridized carbons (Fsp3) is 1.00. The summed E-state index contributed by atoms with van der Waals surface area (Å²) >= 11 is 5.36. The highest BCUT2D eigenvalue weighted by atomic mass is 35.5. The molecule has 0 bridgehead atoms. The van der Waals surface area contributed by atoms with Gasteiger partial charge in [-0.1, -0.05) is 0 Å². The number of halogens is 1. The van der Waals surface area contributed by atoms with E-state index in [0.717, 1.165) is 6.54 Å². The Morgan fingerprint density at radius 3 is 2.29 bits per heavy atom. The molecule has 0 heterocycles. The van der Waals surface area contributed by atoms with E-state index in [1.54, 1.807) is 0 Å². The van der Waals surface area contributed by atoms with Crippen molar-refractivity contribution in [2.24, 2.45) is 0 Å². The minimum absolute atomic E-state index is 0.665. The van der Waals surface area contributed by atoms with Crippen molar-refractivity contribution >= 4 is 11.6 Å². The zero-order chi connectivity index (χ0) is 5.70. The Balaban J connectivity index is 2.68. The average molecular weight is 123 g/mol. The number of hydrogen-bond donors (Lipinski definition) is 1. The van der Waals surface area contributed by atoms with E-state index in [-0.39, 0.29) is 0 Å². The molecule has 0 atom stereocenters. The van der Waals surface area contributed by atoms with Crippen molar-refractivity contribution in [3.8, 4) is 0 Å². The third-order valence-corrected chi connectivity index (χ3v) is 0.712. The van der Waals surface area contributed by atoms with Crippen molar-refractivity contribution < 1.29 is 0 Å². The van der Waals surface area contributed by atoms with Gasteiger partial charge in [-0.3, -0.25) is 10.4 Å². The van der Waals surface area contributed by atoms with Crippen LogP contribution in [0.3, 0.4) is 0 Å². The van der Waals surface area contributed by atoms with E-state index in [9.17, 15) is 0 Å². The lowest BCUT2D eigenvalue weighted by molar-refractivity contribution is 0.299. The molecule has 0 radical (unpaired) electrons. The quantitative estimate of drug-likeness (QED) is 0.428. The van der Waals surface area contributed by atoms with Gasteiger partial charge in [0.05, 0.1) is 0 Å². The fourth-order valence-corrected chi connectivity index (χ4v) is 0.350. The zero-order valence-corrected chi connectivity index (χ0v) is 5.50. The van der Waals surface area contributed by atoms with Gasteiger partial charge in [0.25, 0.3) is 0 Å². The van der Waals surface area contributed by atoms with Gasteiger partial charge < -0.3 is 0 Å². The lowest BCUT2D eigenvalue weighted by atomic mass is 10.8. The molecule has 3 heteroatoms. The molecule has 1 N–H and O–H groups in total. The molecule has 0 aromatic heterocycles. The summed E-state index contributed by atoms with van der Waals surface area (Å²) in [5.41, 5.74) is 3.00. The lowest BCUT2D eigenvalue weighted by Crippen LogP contribution is -2.31. The fourth-order valence-electron chi connectivity index (χ4n) is 0.266. The van der Waals surface area contributed by atoms with Crippen molar-refractivity contribution in [2.45, 2.75) is 0 Å². The van der Waals surface area contributed by atoms with Gasteiger partial charge in [0, 0.05) is 26.5 Å². The van der Waals surface area contributed by atoms with Crippen LogP contribution in [0.1, 0.15) is 0 Å². The Hall–Kier alpha value is 0.210. The Kier molecular flexibility index (Phi) is 4.50. The van der Waals surface area contributed by atoms with Gasteiger partial charge in [-0.2, -0.15) is 0 Å². The summed E-state index contributed by atoms with van der Waals surface area (Å²) < 4.78 is 0. The molecule has 0 rings (SSSR count). The first-order valence-corrected chi connectivity index (χ1v) is 2.77. The number of nitrogens with one attached hydrogen (secondary N) is 1. The van der Waals surface area contributed by atoms with Gasteiger partial charge in [0.1, 0.15) is 0 Å². The molecule has 0 aliphatic rings. The molecule has 0 amide bonds. The Morgan fingerprint density at radius 2 is 2.14 bits per heavy atom. The van der Waals surface area contributed by atoms with Crippen LogP contribution in [0.25, 0.3) is 0 Å². The number of rotatable bonds is 3.